The highest BCUT2D eigenvalue weighted by Gasteiger charge is 2.25. The average Bonchev–Trinajstić information content (AvgIpc) is 2.83. The Morgan fingerprint density at radius 1 is 0.939 bits per heavy atom. The summed E-state index contributed by atoms with van der Waals surface area (Å²) in [6, 6.07) is 22.8. The van der Waals surface area contributed by atoms with Crippen LogP contribution in [-0.2, 0) is 6.61 Å². The summed E-state index contributed by atoms with van der Waals surface area (Å²) in [5.74, 6) is 2.11. The number of benzene rings is 3. The fourth-order valence-electron chi connectivity index (χ4n) is 3.90. The molecule has 0 unspecified atom stereocenters. The van der Waals surface area contributed by atoms with Gasteiger partial charge < -0.3 is 15.2 Å². The van der Waals surface area contributed by atoms with Gasteiger partial charge in [-0.1, -0.05) is 34.1 Å². The van der Waals surface area contributed by atoms with Crippen molar-refractivity contribution in [3.63, 3.8) is 0 Å². The van der Waals surface area contributed by atoms with Gasteiger partial charge in [-0.25, -0.2) is 5.06 Å². The Hall–Kier alpha value is -2.87. The number of nitrogens with zero attached hydrogens (tertiary/aromatic N) is 1. The standard InChI is InChI=1S/C26H28BrN3O3/c27-20-4-1-3-18(15-20)17-32-24-5-2-6-25(16-24)33-23-13-7-19(8-14-23)26(29)30(31)22-11-9-21(28)10-12-22/h1-8,13-16,21-22,29,31H,9-12,17,28H2. The summed E-state index contributed by atoms with van der Waals surface area (Å²) in [5, 5.41) is 19.9. The Labute approximate surface area is 202 Å². The van der Waals surface area contributed by atoms with Crippen LogP contribution in [0.4, 0.5) is 0 Å². The molecule has 0 atom stereocenters. The molecular formula is C26H28BrN3O3. The Balaban J connectivity index is 1.35. The minimum Gasteiger partial charge on any atom is -0.489 e. The maximum Gasteiger partial charge on any atom is 0.152 e. The third-order valence-corrected chi connectivity index (χ3v) is 6.27. The zero-order valence-corrected chi connectivity index (χ0v) is 19.9. The van der Waals surface area contributed by atoms with Crippen LogP contribution in [-0.4, -0.2) is 28.2 Å². The average molecular weight is 510 g/mol. The molecule has 0 heterocycles. The molecule has 4 rings (SSSR count). The third kappa shape index (κ3) is 6.35. The molecule has 1 fully saturated rings. The van der Waals surface area contributed by atoms with E-state index >= 15 is 0 Å². The minimum atomic E-state index is -0.0621. The minimum absolute atomic E-state index is 0.0621. The predicted molar refractivity (Wildman–Crippen MR) is 132 cm³/mol. The normalized spacial score (nSPS) is 17.9. The molecule has 3 aromatic carbocycles. The number of amidine groups is 1. The van der Waals surface area contributed by atoms with Crippen molar-refractivity contribution in [1.82, 2.24) is 5.06 Å². The molecule has 6 nitrogen and oxygen atoms in total. The first kappa shape index (κ1) is 23.3. The van der Waals surface area contributed by atoms with Gasteiger partial charge in [0.2, 0.25) is 0 Å². The summed E-state index contributed by atoms with van der Waals surface area (Å²) in [5.41, 5.74) is 7.65. The van der Waals surface area contributed by atoms with Crippen LogP contribution < -0.4 is 15.2 Å². The molecular weight excluding hydrogens is 482 g/mol. The topological polar surface area (TPSA) is 91.8 Å². The Morgan fingerprint density at radius 3 is 2.36 bits per heavy atom. The Morgan fingerprint density at radius 2 is 1.64 bits per heavy atom. The van der Waals surface area contributed by atoms with Gasteiger partial charge in [-0.2, -0.15) is 0 Å². The van der Waals surface area contributed by atoms with Crippen LogP contribution >= 0.6 is 15.9 Å². The first-order valence-corrected chi connectivity index (χ1v) is 11.8. The molecule has 1 aliphatic carbocycles. The van der Waals surface area contributed by atoms with E-state index in [4.69, 9.17) is 20.6 Å². The SMILES string of the molecule is N=C(c1ccc(Oc2cccc(OCc3cccc(Br)c3)c2)cc1)N(O)C1CCC(N)CC1. The van der Waals surface area contributed by atoms with E-state index in [1.54, 1.807) is 24.3 Å². The molecule has 0 bridgehead atoms. The lowest BCUT2D eigenvalue weighted by Gasteiger charge is -2.33. The summed E-state index contributed by atoms with van der Waals surface area (Å²) < 4.78 is 12.9. The number of hydrogen-bond acceptors (Lipinski definition) is 5. The molecule has 0 aliphatic heterocycles. The van der Waals surface area contributed by atoms with Crippen molar-refractivity contribution in [1.29, 1.82) is 5.41 Å². The van der Waals surface area contributed by atoms with Crippen molar-refractivity contribution >= 4 is 21.8 Å². The van der Waals surface area contributed by atoms with Gasteiger partial charge in [-0.05, 0) is 79.8 Å². The van der Waals surface area contributed by atoms with E-state index in [0.717, 1.165) is 40.8 Å². The molecule has 33 heavy (non-hydrogen) atoms. The second-order valence-corrected chi connectivity index (χ2v) is 9.20. The Kier molecular flexibility index (Phi) is 7.65. The molecule has 0 aromatic heterocycles. The lowest BCUT2D eigenvalue weighted by molar-refractivity contribution is -0.0653. The first-order valence-electron chi connectivity index (χ1n) is 11.1. The molecule has 7 heteroatoms. The lowest BCUT2D eigenvalue weighted by Crippen LogP contribution is -2.42. The van der Waals surface area contributed by atoms with E-state index < -0.39 is 0 Å². The second kappa shape index (κ2) is 10.8. The molecule has 172 valence electrons. The van der Waals surface area contributed by atoms with E-state index in [1.165, 1.54) is 0 Å². The highest BCUT2D eigenvalue weighted by atomic mass is 79.9. The summed E-state index contributed by atoms with van der Waals surface area (Å²) in [6.45, 7) is 0.463. The van der Waals surface area contributed by atoms with E-state index in [2.05, 4.69) is 15.9 Å². The van der Waals surface area contributed by atoms with E-state index in [-0.39, 0.29) is 17.9 Å². The van der Waals surface area contributed by atoms with Gasteiger partial charge in [-0.15, -0.1) is 0 Å². The van der Waals surface area contributed by atoms with Crippen LogP contribution in [0.2, 0.25) is 0 Å². The smallest absolute Gasteiger partial charge is 0.152 e. The third-order valence-electron chi connectivity index (χ3n) is 5.78. The van der Waals surface area contributed by atoms with Crippen molar-refractivity contribution in [3.8, 4) is 17.2 Å². The largest absolute Gasteiger partial charge is 0.489 e. The van der Waals surface area contributed by atoms with Crippen LogP contribution in [0.15, 0.2) is 77.3 Å². The zero-order valence-electron chi connectivity index (χ0n) is 18.3. The fourth-order valence-corrected chi connectivity index (χ4v) is 4.35. The van der Waals surface area contributed by atoms with Gasteiger partial charge in [-0.3, -0.25) is 10.6 Å². The van der Waals surface area contributed by atoms with Crippen LogP contribution in [0.5, 0.6) is 17.2 Å². The summed E-state index contributed by atoms with van der Waals surface area (Å²) >= 11 is 3.47. The van der Waals surface area contributed by atoms with Gasteiger partial charge in [0.15, 0.2) is 5.84 Å². The van der Waals surface area contributed by atoms with E-state index in [1.807, 2.05) is 48.5 Å². The van der Waals surface area contributed by atoms with E-state index in [9.17, 15) is 5.21 Å². The van der Waals surface area contributed by atoms with Crippen molar-refractivity contribution in [2.24, 2.45) is 5.73 Å². The second-order valence-electron chi connectivity index (χ2n) is 8.28. The summed E-state index contributed by atoms with van der Waals surface area (Å²) in [7, 11) is 0. The number of hydroxylamine groups is 2. The zero-order chi connectivity index (χ0) is 23.2. The van der Waals surface area contributed by atoms with Crippen LogP contribution in [0, 0.1) is 5.41 Å². The van der Waals surface area contributed by atoms with Crippen molar-refractivity contribution < 1.29 is 14.7 Å². The summed E-state index contributed by atoms with van der Waals surface area (Å²) in [6.07, 6.45) is 3.32. The van der Waals surface area contributed by atoms with Crippen molar-refractivity contribution in [3.05, 3.63) is 88.4 Å². The highest BCUT2D eigenvalue weighted by molar-refractivity contribution is 9.10. The molecule has 0 saturated heterocycles. The lowest BCUT2D eigenvalue weighted by atomic mass is 9.91. The van der Waals surface area contributed by atoms with Crippen LogP contribution in [0.3, 0.4) is 0 Å². The van der Waals surface area contributed by atoms with Crippen LogP contribution in [0.1, 0.15) is 36.8 Å². The molecule has 1 saturated carbocycles. The van der Waals surface area contributed by atoms with Gasteiger partial charge in [0.25, 0.3) is 0 Å². The fraction of sp³-hybridized carbons (Fsp3) is 0.269. The molecule has 0 amide bonds. The van der Waals surface area contributed by atoms with Gasteiger partial charge in [0, 0.05) is 22.1 Å². The molecule has 0 spiro atoms. The number of rotatable bonds is 7. The summed E-state index contributed by atoms with van der Waals surface area (Å²) in [4.78, 5) is 0. The molecule has 3 aromatic rings. The first-order chi connectivity index (χ1) is 16.0. The number of nitrogens with two attached hydrogens (primary N) is 1. The van der Waals surface area contributed by atoms with Crippen LogP contribution in [0.25, 0.3) is 0 Å². The molecule has 4 N–H and O–H groups in total. The molecule has 0 radical (unpaired) electrons. The number of halogens is 1. The van der Waals surface area contributed by atoms with Gasteiger partial charge in [0.1, 0.15) is 23.9 Å². The monoisotopic (exact) mass is 509 g/mol. The quantitative estimate of drug-likeness (QED) is 0.203. The number of hydrogen-bond donors (Lipinski definition) is 3. The number of nitrogens with one attached hydrogen (secondary N) is 1. The van der Waals surface area contributed by atoms with Crippen molar-refractivity contribution in [2.75, 3.05) is 0 Å². The predicted octanol–water partition coefficient (Wildman–Crippen LogP) is 6.11. The van der Waals surface area contributed by atoms with Gasteiger partial charge >= 0.3 is 0 Å². The number of ether oxygens (including phenoxy) is 2. The maximum absolute atomic E-state index is 10.5. The Bertz CT molecular complexity index is 1080. The van der Waals surface area contributed by atoms with Gasteiger partial charge in [0.05, 0.1) is 6.04 Å². The maximum atomic E-state index is 10.5. The highest BCUT2D eigenvalue weighted by Crippen LogP contribution is 2.27. The van der Waals surface area contributed by atoms with E-state index in [0.29, 0.717) is 29.4 Å². The van der Waals surface area contributed by atoms with Crippen molar-refractivity contribution in [2.45, 2.75) is 44.4 Å². The molecule has 1 aliphatic rings.